The Hall–Kier alpha value is -3.02. The smallest absolute Gasteiger partial charge is 0.417 e. The zero-order valence-corrected chi connectivity index (χ0v) is 9.97. The minimum Gasteiger partial charge on any atom is -0.508 e. The van der Waals surface area contributed by atoms with Crippen LogP contribution in [0.5, 0.6) is 5.75 Å². The van der Waals surface area contributed by atoms with Gasteiger partial charge in [-0.1, -0.05) is 0 Å². The third-order valence-corrected chi connectivity index (χ3v) is 3.24. The molecule has 0 aliphatic heterocycles. The van der Waals surface area contributed by atoms with E-state index in [2.05, 4.69) is 4.98 Å². The van der Waals surface area contributed by atoms with E-state index in [1.807, 2.05) is 0 Å². The molecule has 0 atom stereocenters. The van der Waals surface area contributed by atoms with Crippen LogP contribution < -0.4 is 11.4 Å². The van der Waals surface area contributed by atoms with Crippen LogP contribution in [0.3, 0.4) is 0 Å². The van der Waals surface area contributed by atoms with Gasteiger partial charge in [0.1, 0.15) is 11.3 Å². The van der Waals surface area contributed by atoms with Crippen molar-refractivity contribution >= 4 is 32.8 Å². The van der Waals surface area contributed by atoms with Gasteiger partial charge in [-0.2, -0.15) is 0 Å². The maximum Gasteiger partial charge on any atom is 0.417 e. The predicted molar refractivity (Wildman–Crippen MR) is 72.0 cm³/mol. The molecule has 6 heteroatoms. The summed E-state index contributed by atoms with van der Waals surface area (Å²) in [5, 5.41) is 11.0. The van der Waals surface area contributed by atoms with E-state index in [4.69, 9.17) is 8.83 Å². The number of hydrogen-bond donors (Lipinski definition) is 2. The third kappa shape index (κ3) is 1.38. The van der Waals surface area contributed by atoms with Crippen LogP contribution in [0.4, 0.5) is 0 Å². The summed E-state index contributed by atoms with van der Waals surface area (Å²) in [5.74, 6) is -0.585. The highest BCUT2D eigenvalue weighted by Gasteiger charge is 2.11. The number of aromatic amines is 1. The van der Waals surface area contributed by atoms with E-state index in [0.717, 1.165) is 0 Å². The minimum atomic E-state index is -0.570. The molecule has 6 nitrogen and oxygen atoms in total. The number of nitrogens with one attached hydrogen (secondary N) is 1. The number of aromatic hydroxyl groups is 1. The van der Waals surface area contributed by atoms with Crippen molar-refractivity contribution in [1.29, 1.82) is 0 Å². The van der Waals surface area contributed by atoms with Gasteiger partial charge in [0.2, 0.25) is 0 Å². The summed E-state index contributed by atoms with van der Waals surface area (Å²) in [7, 11) is 0. The van der Waals surface area contributed by atoms with Gasteiger partial charge in [-0.3, -0.25) is 4.98 Å². The summed E-state index contributed by atoms with van der Waals surface area (Å²) in [4.78, 5) is 25.6. The van der Waals surface area contributed by atoms with E-state index in [9.17, 15) is 14.7 Å². The van der Waals surface area contributed by atoms with Gasteiger partial charge in [-0.05, 0) is 24.3 Å². The lowest BCUT2D eigenvalue weighted by Gasteiger charge is -2.02. The van der Waals surface area contributed by atoms with Crippen LogP contribution in [0, 0.1) is 0 Å². The number of H-pyrrole nitrogens is 1. The van der Waals surface area contributed by atoms with E-state index in [1.54, 1.807) is 18.2 Å². The van der Waals surface area contributed by atoms with Crippen LogP contribution in [-0.2, 0) is 0 Å². The lowest BCUT2D eigenvalue weighted by Crippen LogP contribution is -1.99. The van der Waals surface area contributed by atoms with E-state index in [-0.39, 0.29) is 11.1 Å². The summed E-state index contributed by atoms with van der Waals surface area (Å²) >= 11 is 0. The second kappa shape index (κ2) is 3.51. The average molecular weight is 269 g/mol. The second-order valence-corrected chi connectivity index (χ2v) is 4.48. The molecule has 0 aliphatic carbocycles. The van der Waals surface area contributed by atoms with Gasteiger partial charge >= 0.3 is 11.4 Å². The fourth-order valence-corrected chi connectivity index (χ4v) is 2.36. The molecule has 0 fully saturated rings. The van der Waals surface area contributed by atoms with E-state index in [0.29, 0.717) is 27.5 Å². The van der Waals surface area contributed by atoms with E-state index in [1.165, 1.54) is 12.1 Å². The van der Waals surface area contributed by atoms with E-state index >= 15 is 0 Å². The predicted octanol–water partition coefficient (Wildman–Crippen LogP) is 2.09. The summed E-state index contributed by atoms with van der Waals surface area (Å²) in [5.41, 5.74) is 0.640. The van der Waals surface area contributed by atoms with Gasteiger partial charge in [-0.15, -0.1) is 0 Å². The molecular weight excluding hydrogens is 262 g/mol. The van der Waals surface area contributed by atoms with Crippen LogP contribution in [0.2, 0.25) is 0 Å². The molecule has 4 aromatic rings. The third-order valence-electron chi connectivity index (χ3n) is 3.24. The molecule has 98 valence electrons. The maximum atomic E-state index is 11.9. The van der Waals surface area contributed by atoms with Crippen LogP contribution in [0.15, 0.2) is 48.8 Å². The highest BCUT2D eigenvalue weighted by atomic mass is 16.4. The average Bonchev–Trinajstić information content (AvgIpc) is 2.76. The van der Waals surface area contributed by atoms with Crippen LogP contribution in [0.1, 0.15) is 0 Å². The van der Waals surface area contributed by atoms with Gasteiger partial charge in [0, 0.05) is 16.8 Å². The molecule has 2 aromatic carbocycles. The summed E-state index contributed by atoms with van der Waals surface area (Å²) < 4.78 is 10.2. The number of benzene rings is 2. The van der Waals surface area contributed by atoms with Crippen molar-refractivity contribution in [2.75, 3.05) is 0 Å². The van der Waals surface area contributed by atoms with Crippen molar-refractivity contribution in [3.63, 3.8) is 0 Å². The monoisotopic (exact) mass is 269 g/mol. The van der Waals surface area contributed by atoms with Crippen molar-refractivity contribution in [2.45, 2.75) is 0 Å². The number of hydrogen-bond acceptors (Lipinski definition) is 5. The molecule has 2 heterocycles. The van der Waals surface area contributed by atoms with Crippen LogP contribution in [0.25, 0.3) is 32.8 Å². The van der Waals surface area contributed by atoms with Gasteiger partial charge < -0.3 is 13.9 Å². The summed E-state index contributed by atoms with van der Waals surface area (Å²) in [6.07, 6.45) is 0. The molecule has 0 saturated carbocycles. The van der Waals surface area contributed by atoms with Gasteiger partial charge in [0.05, 0.1) is 10.9 Å². The molecule has 0 unspecified atom stereocenters. The van der Waals surface area contributed by atoms with E-state index < -0.39 is 11.4 Å². The Balaban J connectivity index is 2.31. The number of oxazole rings is 1. The molecule has 4 rings (SSSR count). The number of rotatable bonds is 0. The van der Waals surface area contributed by atoms with Crippen molar-refractivity contribution in [3.8, 4) is 5.75 Å². The standard InChI is InChI=1S/C14H7NO5/c16-6-1-2-7-8-4-12-10(15-14(18)20-12)5-11(8)19-13(17)9(7)3-6/h1-5,16H,(H,15,18). The van der Waals surface area contributed by atoms with Gasteiger partial charge in [0.15, 0.2) is 5.58 Å². The molecular formula is C14H7NO5. The van der Waals surface area contributed by atoms with Crippen molar-refractivity contribution in [1.82, 2.24) is 4.98 Å². The first-order valence-corrected chi connectivity index (χ1v) is 5.84. The molecule has 0 aliphatic rings. The lowest BCUT2D eigenvalue weighted by molar-refractivity contribution is 0.475. The Kier molecular flexibility index (Phi) is 1.90. The SMILES string of the molecule is O=c1[nH]c2cc3oc(=O)c4cc(O)ccc4c3cc2o1. The summed E-state index contributed by atoms with van der Waals surface area (Å²) in [6, 6.07) is 7.63. The molecule has 0 saturated heterocycles. The quantitative estimate of drug-likeness (QED) is 0.376. The number of fused-ring (bicyclic) bond motifs is 4. The number of phenols is 1. The Labute approximate surface area is 109 Å². The van der Waals surface area contributed by atoms with Gasteiger partial charge in [0.25, 0.3) is 0 Å². The molecule has 20 heavy (non-hydrogen) atoms. The number of phenolic OH excluding ortho intramolecular Hbond substituents is 1. The molecule has 0 radical (unpaired) electrons. The zero-order valence-electron chi connectivity index (χ0n) is 9.97. The highest BCUT2D eigenvalue weighted by Crippen LogP contribution is 2.28. The van der Waals surface area contributed by atoms with Crippen molar-refractivity contribution in [3.05, 3.63) is 51.3 Å². The fraction of sp³-hybridized carbons (Fsp3) is 0. The topological polar surface area (TPSA) is 96.4 Å². The first-order chi connectivity index (χ1) is 9.61. The van der Waals surface area contributed by atoms with Crippen LogP contribution >= 0.6 is 0 Å². The molecule has 0 spiro atoms. The molecule has 2 aromatic heterocycles. The minimum absolute atomic E-state index is 0.0154. The fourth-order valence-electron chi connectivity index (χ4n) is 2.36. The lowest BCUT2D eigenvalue weighted by atomic mass is 10.1. The van der Waals surface area contributed by atoms with Crippen molar-refractivity contribution < 1.29 is 13.9 Å². The first-order valence-electron chi connectivity index (χ1n) is 5.84. The molecule has 2 N–H and O–H groups in total. The second-order valence-electron chi connectivity index (χ2n) is 4.48. The number of aromatic nitrogens is 1. The Morgan fingerprint density at radius 1 is 0.900 bits per heavy atom. The largest absolute Gasteiger partial charge is 0.508 e. The Morgan fingerprint density at radius 3 is 2.60 bits per heavy atom. The summed E-state index contributed by atoms with van der Waals surface area (Å²) in [6.45, 7) is 0. The first kappa shape index (κ1) is 10.9. The maximum absolute atomic E-state index is 11.9. The van der Waals surface area contributed by atoms with Gasteiger partial charge in [-0.25, -0.2) is 9.59 Å². The Bertz CT molecular complexity index is 1100. The normalized spacial score (nSPS) is 11.6. The molecule has 0 amide bonds. The van der Waals surface area contributed by atoms with Crippen molar-refractivity contribution in [2.24, 2.45) is 0 Å². The highest BCUT2D eigenvalue weighted by molar-refractivity contribution is 6.08. The Morgan fingerprint density at radius 2 is 1.75 bits per heavy atom. The van der Waals surface area contributed by atoms with Crippen LogP contribution in [-0.4, -0.2) is 10.1 Å². The molecule has 0 bridgehead atoms. The zero-order chi connectivity index (χ0) is 13.9.